The number of nitrogens with zero attached hydrogens (tertiary/aromatic N) is 1. The van der Waals surface area contributed by atoms with Crippen LogP contribution in [0.5, 0.6) is 0 Å². The molecular weight excluding hydrogens is 204 g/mol. The second-order valence-electron chi connectivity index (χ2n) is 4.37. The second kappa shape index (κ2) is 4.61. The summed E-state index contributed by atoms with van der Waals surface area (Å²) in [6, 6.07) is 5.60. The van der Waals surface area contributed by atoms with Crippen molar-refractivity contribution in [2.24, 2.45) is 0 Å². The Hall–Kier alpha value is -1.42. The van der Waals surface area contributed by atoms with Crippen molar-refractivity contribution in [3.8, 4) is 0 Å². The van der Waals surface area contributed by atoms with Gasteiger partial charge in [-0.15, -0.1) is 0 Å². The molecule has 1 heterocycles. The summed E-state index contributed by atoms with van der Waals surface area (Å²) in [5, 5.41) is 14.1. The van der Waals surface area contributed by atoms with Gasteiger partial charge in [0.1, 0.15) is 0 Å². The van der Waals surface area contributed by atoms with E-state index in [9.17, 15) is 10.1 Å². The van der Waals surface area contributed by atoms with E-state index < -0.39 is 0 Å². The van der Waals surface area contributed by atoms with Gasteiger partial charge >= 0.3 is 0 Å². The molecule has 1 saturated heterocycles. The molecule has 0 aromatic heterocycles. The molecule has 1 atom stereocenters. The highest BCUT2D eigenvalue weighted by Crippen LogP contribution is 2.20. The zero-order chi connectivity index (χ0) is 11.5. The molecule has 4 heteroatoms. The van der Waals surface area contributed by atoms with E-state index in [1.54, 1.807) is 12.1 Å². The van der Waals surface area contributed by atoms with Crippen molar-refractivity contribution in [3.05, 3.63) is 39.4 Å². The lowest BCUT2D eigenvalue weighted by Crippen LogP contribution is -2.24. The van der Waals surface area contributed by atoms with Gasteiger partial charge in [-0.2, -0.15) is 0 Å². The van der Waals surface area contributed by atoms with Crippen LogP contribution in [0.4, 0.5) is 5.69 Å². The third-order valence-corrected chi connectivity index (χ3v) is 3.17. The summed E-state index contributed by atoms with van der Waals surface area (Å²) < 4.78 is 0. The third-order valence-electron chi connectivity index (χ3n) is 3.17. The fourth-order valence-corrected chi connectivity index (χ4v) is 2.19. The molecule has 2 rings (SSSR count). The van der Waals surface area contributed by atoms with Crippen LogP contribution in [0.15, 0.2) is 18.2 Å². The quantitative estimate of drug-likeness (QED) is 0.627. The highest BCUT2D eigenvalue weighted by Gasteiger charge is 2.17. The number of nitro groups is 1. The Morgan fingerprint density at radius 3 is 3.00 bits per heavy atom. The van der Waals surface area contributed by atoms with Gasteiger partial charge in [0.05, 0.1) is 4.92 Å². The summed E-state index contributed by atoms with van der Waals surface area (Å²) in [5.74, 6) is 0. The molecule has 1 aromatic carbocycles. The Balaban J connectivity index is 2.17. The number of hydrogen-bond acceptors (Lipinski definition) is 3. The maximum Gasteiger partial charge on any atom is 0.269 e. The maximum atomic E-state index is 10.7. The number of aryl methyl sites for hydroxylation is 1. The van der Waals surface area contributed by atoms with E-state index in [4.69, 9.17) is 0 Å². The molecule has 1 aliphatic rings. The molecule has 0 amide bonds. The van der Waals surface area contributed by atoms with Gasteiger partial charge in [-0.25, -0.2) is 0 Å². The van der Waals surface area contributed by atoms with Crippen molar-refractivity contribution in [1.29, 1.82) is 0 Å². The lowest BCUT2D eigenvalue weighted by molar-refractivity contribution is -0.384. The van der Waals surface area contributed by atoms with Gasteiger partial charge in [-0.3, -0.25) is 10.1 Å². The van der Waals surface area contributed by atoms with Gasteiger partial charge in [0.15, 0.2) is 0 Å². The molecule has 4 nitrogen and oxygen atoms in total. The molecule has 1 N–H and O–H groups in total. The lowest BCUT2D eigenvalue weighted by Gasteiger charge is -2.11. The van der Waals surface area contributed by atoms with Gasteiger partial charge in [0, 0.05) is 18.2 Å². The minimum atomic E-state index is -0.328. The Morgan fingerprint density at radius 1 is 1.56 bits per heavy atom. The van der Waals surface area contributed by atoms with Crippen LogP contribution in [0.3, 0.4) is 0 Å². The first-order valence-electron chi connectivity index (χ1n) is 5.64. The third kappa shape index (κ3) is 2.39. The van der Waals surface area contributed by atoms with Gasteiger partial charge in [-0.1, -0.05) is 6.07 Å². The average Bonchev–Trinajstić information content (AvgIpc) is 2.73. The number of benzene rings is 1. The molecule has 0 saturated carbocycles. The minimum absolute atomic E-state index is 0.193. The predicted octanol–water partition coefficient (Wildman–Crippen LogP) is 2.20. The minimum Gasteiger partial charge on any atom is -0.314 e. The molecule has 0 radical (unpaired) electrons. The fourth-order valence-electron chi connectivity index (χ4n) is 2.19. The molecule has 1 aromatic rings. The fraction of sp³-hybridized carbons (Fsp3) is 0.500. The zero-order valence-corrected chi connectivity index (χ0v) is 9.40. The average molecular weight is 220 g/mol. The van der Waals surface area contributed by atoms with E-state index in [0.717, 1.165) is 24.1 Å². The molecule has 0 aliphatic carbocycles. The maximum absolute atomic E-state index is 10.7. The zero-order valence-electron chi connectivity index (χ0n) is 9.40. The molecule has 1 aliphatic heterocycles. The van der Waals surface area contributed by atoms with Crippen LogP contribution in [-0.4, -0.2) is 17.5 Å². The van der Waals surface area contributed by atoms with Gasteiger partial charge in [0.2, 0.25) is 0 Å². The largest absolute Gasteiger partial charge is 0.314 e. The molecule has 86 valence electrons. The lowest BCUT2D eigenvalue weighted by atomic mass is 9.99. The van der Waals surface area contributed by atoms with Crippen molar-refractivity contribution in [3.63, 3.8) is 0 Å². The normalized spacial score (nSPS) is 19.9. The van der Waals surface area contributed by atoms with Crippen molar-refractivity contribution < 1.29 is 4.92 Å². The first kappa shape index (κ1) is 11.1. The first-order valence-corrected chi connectivity index (χ1v) is 5.64. The van der Waals surface area contributed by atoms with Crippen LogP contribution in [0.25, 0.3) is 0 Å². The van der Waals surface area contributed by atoms with Crippen molar-refractivity contribution in [2.45, 2.75) is 32.2 Å². The topological polar surface area (TPSA) is 55.2 Å². The summed E-state index contributed by atoms with van der Waals surface area (Å²) in [6.45, 7) is 3.08. The SMILES string of the molecule is Cc1ccc([N+](=O)[O-])cc1CC1CCCN1. The summed E-state index contributed by atoms with van der Waals surface area (Å²) in [5.41, 5.74) is 2.42. The van der Waals surface area contributed by atoms with Crippen LogP contribution in [0, 0.1) is 17.0 Å². The van der Waals surface area contributed by atoms with E-state index in [2.05, 4.69) is 5.32 Å². The predicted molar refractivity (Wildman–Crippen MR) is 62.6 cm³/mol. The van der Waals surface area contributed by atoms with E-state index in [1.165, 1.54) is 12.8 Å². The van der Waals surface area contributed by atoms with Crippen molar-refractivity contribution in [2.75, 3.05) is 6.54 Å². The molecule has 1 fully saturated rings. The summed E-state index contributed by atoms with van der Waals surface area (Å²) in [7, 11) is 0. The Morgan fingerprint density at radius 2 is 2.38 bits per heavy atom. The van der Waals surface area contributed by atoms with Crippen LogP contribution < -0.4 is 5.32 Å². The van der Waals surface area contributed by atoms with E-state index >= 15 is 0 Å². The van der Waals surface area contributed by atoms with Crippen LogP contribution >= 0.6 is 0 Å². The van der Waals surface area contributed by atoms with E-state index in [0.29, 0.717) is 6.04 Å². The Labute approximate surface area is 94.8 Å². The van der Waals surface area contributed by atoms with Crippen molar-refractivity contribution >= 4 is 5.69 Å². The van der Waals surface area contributed by atoms with Crippen LogP contribution in [0.2, 0.25) is 0 Å². The smallest absolute Gasteiger partial charge is 0.269 e. The van der Waals surface area contributed by atoms with Gasteiger partial charge in [-0.05, 0) is 43.9 Å². The van der Waals surface area contributed by atoms with E-state index in [-0.39, 0.29) is 10.6 Å². The summed E-state index contributed by atoms with van der Waals surface area (Å²) >= 11 is 0. The molecule has 0 bridgehead atoms. The Kier molecular flexibility index (Phi) is 3.19. The molecule has 1 unspecified atom stereocenters. The standard InChI is InChI=1S/C12H16N2O2/c1-9-4-5-12(14(15)16)8-10(9)7-11-3-2-6-13-11/h4-5,8,11,13H,2-3,6-7H2,1H3. The second-order valence-corrected chi connectivity index (χ2v) is 4.37. The molecule has 16 heavy (non-hydrogen) atoms. The first-order chi connectivity index (χ1) is 7.66. The number of non-ortho nitro benzene ring substituents is 1. The van der Waals surface area contributed by atoms with Crippen molar-refractivity contribution in [1.82, 2.24) is 5.32 Å². The van der Waals surface area contributed by atoms with Gasteiger partial charge in [0.25, 0.3) is 5.69 Å². The van der Waals surface area contributed by atoms with Crippen LogP contribution in [0.1, 0.15) is 24.0 Å². The number of nitro benzene ring substituents is 1. The van der Waals surface area contributed by atoms with Crippen LogP contribution in [-0.2, 0) is 6.42 Å². The van der Waals surface area contributed by atoms with Gasteiger partial charge < -0.3 is 5.32 Å². The number of hydrogen-bond donors (Lipinski definition) is 1. The Bertz CT molecular complexity index is 398. The number of nitrogens with one attached hydrogen (secondary N) is 1. The highest BCUT2D eigenvalue weighted by molar-refractivity contribution is 5.39. The highest BCUT2D eigenvalue weighted by atomic mass is 16.6. The monoisotopic (exact) mass is 220 g/mol. The number of rotatable bonds is 3. The summed E-state index contributed by atoms with van der Waals surface area (Å²) in [4.78, 5) is 10.4. The molecule has 0 spiro atoms. The van der Waals surface area contributed by atoms with E-state index in [1.807, 2.05) is 13.0 Å². The summed E-state index contributed by atoms with van der Waals surface area (Å²) in [6.07, 6.45) is 3.27. The molecular formula is C12H16N2O2.